The van der Waals surface area contributed by atoms with Gasteiger partial charge in [-0.15, -0.1) is 10.2 Å². The Morgan fingerprint density at radius 2 is 1.93 bits per heavy atom. The summed E-state index contributed by atoms with van der Waals surface area (Å²) in [4.78, 5) is 0. The summed E-state index contributed by atoms with van der Waals surface area (Å²) in [5.74, 6) is 2.96. The zero-order valence-corrected chi connectivity index (χ0v) is 17.6. The largest absolute Gasteiger partial charge is 0.496 e. The number of aromatic nitrogens is 3. The zero-order chi connectivity index (χ0) is 19.5. The number of hydrogen-bond acceptors (Lipinski definition) is 5. The Labute approximate surface area is 178 Å². The highest BCUT2D eigenvalue weighted by Crippen LogP contribution is 2.40. The molecule has 28 heavy (non-hydrogen) atoms. The van der Waals surface area contributed by atoms with Crippen molar-refractivity contribution in [3.05, 3.63) is 63.9 Å². The molecule has 1 aliphatic rings. The van der Waals surface area contributed by atoms with Gasteiger partial charge < -0.3 is 9.47 Å². The van der Waals surface area contributed by atoms with E-state index < -0.39 is 0 Å². The molecular weight excluding hydrogens is 417 g/mol. The van der Waals surface area contributed by atoms with Gasteiger partial charge in [-0.05, 0) is 43.2 Å². The first-order valence-electron chi connectivity index (χ1n) is 8.92. The fourth-order valence-electron chi connectivity index (χ4n) is 2.91. The highest BCUT2D eigenvalue weighted by Gasteiger charge is 2.30. The van der Waals surface area contributed by atoms with Gasteiger partial charge in [-0.3, -0.25) is 4.57 Å². The van der Waals surface area contributed by atoms with Gasteiger partial charge in [0.15, 0.2) is 11.0 Å². The number of nitrogens with zero attached hydrogens (tertiary/aromatic N) is 3. The quantitative estimate of drug-likeness (QED) is 0.418. The van der Waals surface area contributed by atoms with Crippen molar-refractivity contribution in [3.63, 3.8) is 0 Å². The van der Waals surface area contributed by atoms with E-state index in [2.05, 4.69) is 14.8 Å². The molecule has 1 saturated carbocycles. The number of hydrogen-bond donors (Lipinski definition) is 0. The Morgan fingerprint density at radius 1 is 1.11 bits per heavy atom. The van der Waals surface area contributed by atoms with Gasteiger partial charge in [-0.2, -0.15) is 0 Å². The lowest BCUT2D eigenvalue weighted by Crippen LogP contribution is -2.07. The van der Waals surface area contributed by atoms with E-state index in [0.717, 1.165) is 35.1 Å². The molecule has 8 heteroatoms. The summed E-state index contributed by atoms with van der Waals surface area (Å²) in [6.07, 6.45) is 2.26. The molecule has 3 aromatic rings. The maximum absolute atomic E-state index is 6.17. The highest BCUT2D eigenvalue weighted by molar-refractivity contribution is 7.98. The van der Waals surface area contributed by atoms with Crippen LogP contribution in [0, 0.1) is 0 Å². The highest BCUT2D eigenvalue weighted by atomic mass is 35.5. The molecule has 0 atom stereocenters. The molecule has 4 rings (SSSR count). The van der Waals surface area contributed by atoms with Gasteiger partial charge in [-0.1, -0.05) is 47.1 Å². The van der Waals surface area contributed by atoms with Crippen LogP contribution >= 0.6 is 35.0 Å². The zero-order valence-electron chi connectivity index (χ0n) is 15.3. The summed E-state index contributed by atoms with van der Waals surface area (Å²) in [7, 11) is 1.66. The number of halogens is 2. The van der Waals surface area contributed by atoms with Gasteiger partial charge in [0.2, 0.25) is 0 Å². The third-order valence-corrected chi connectivity index (χ3v) is 5.98. The van der Waals surface area contributed by atoms with E-state index in [9.17, 15) is 0 Å². The summed E-state index contributed by atoms with van der Waals surface area (Å²) in [6, 6.07) is 13.5. The van der Waals surface area contributed by atoms with Gasteiger partial charge in [0.1, 0.15) is 18.1 Å². The molecule has 0 N–H and O–H groups in total. The predicted molar refractivity (Wildman–Crippen MR) is 112 cm³/mol. The smallest absolute Gasteiger partial charge is 0.191 e. The van der Waals surface area contributed by atoms with Crippen LogP contribution in [0.15, 0.2) is 47.6 Å². The van der Waals surface area contributed by atoms with Crippen LogP contribution in [0.4, 0.5) is 0 Å². The van der Waals surface area contributed by atoms with Crippen LogP contribution < -0.4 is 9.47 Å². The Kier molecular flexibility index (Phi) is 5.99. The fraction of sp³-hybridized carbons (Fsp3) is 0.300. The van der Waals surface area contributed by atoms with E-state index in [1.54, 1.807) is 18.9 Å². The van der Waals surface area contributed by atoms with Gasteiger partial charge in [0, 0.05) is 22.4 Å². The lowest BCUT2D eigenvalue weighted by molar-refractivity contribution is 0.288. The molecule has 0 spiro atoms. The third-order valence-electron chi connectivity index (χ3n) is 4.44. The Bertz CT molecular complexity index is 976. The number of thioether (sulfide) groups is 1. The molecule has 1 heterocycles. The molecule has 2 aromatic carbocycles. The predicted octanol–water partition coefficient (Wildman–Crippen LogP) is 5.80. The fourth-order valence-corrected chi connectivity index (χ4v) is 4.30. The van der Waals surface area contributed by atoms with Crippen LogP contribution in [-0.4, -0.2) is 21.9 Å². The Balaban J connectivity index is 1.50. The second kappa shape index (κ2) is 8.64. The summed E-state index contributed by atoms with van der Waals surface area (Å²) in [6.45, 7) is 0.328. The summed E-state index contributed by atoms with van der Waals surface area (Å²) in [5, 5.41) is 10.9. The van der Waals surface area contributed by atoms with Crippen molar-refractivity contribution < 1.29 is 9.47 Å². The number of rotatable bonds is 8. The molecule has 0 saturated heterocycles. The average molecular weight is 436 g/mol. The van der Waals surface area contributed by atoms with Gasteiger partial charge in [-0.25, -0.2) is 0 Å². The average Bonchev–Trinajstić information content (AvgIpc) is 3.46. The molecule has 1 aromatic heterocycles. The van der Waals surface area contributed by atoms with Crippen LogP contribution in [0.5, 0.6) is 11.5 Å². The number of ether oxygens (including phenoxy) is 2. The molecule has 0 amide bonds. The molecule has 0 bridgehead atoms. The summed E-state index contributed by atoms with van der Waals surface area (Å²) >= 11 is 13.9. The van der Waals surface area contributed by atoms with Crippen molar-refractivity contribution in [2.45, 2.75) is 36.4 Å². The van der Waals surface area contributed by atoms with Crippen molar-refractivity contribution in [1.82, 2.24) is 14.8 Å². The molecule has 0 unspecified atom stereocenters. The minimum Gasteiger partial charge on any atom is -0.496 e. The van der Waals surface area contributed by atoms with Crippen molar-refractivity contribution in [2.24, 2.45) is 0 Å². The molecule has 146 valence electrons. The monoisotopic (exact) mass is 435 g/mol. The van der Waals surface area contributed by atoms with Crippen LogP contribution in [-0.2, 0) is 12.4 Å². The molecule has 0 aliphatic heterocycles. The van der Waals surface area contributed by atoms with Crippen LogP contribution in [0.2, 0.25) is 10.0 Å². The van der Waals surface area contributed by atoms with Crippen molar-refractivity contribution in [1.29, 1.82) is 0 Å². The van der Waals surface area contributed by atoms with E-state index in [4.69, 9.17) is 32.7 Å². The Morgan fingerprint density at radius 3 is 2.68 bits per heavy atom. The van der Waals surface area contributed by atoms with Crippen LogP contribution in [0.1, 0.15) is 30.3 Å². The number of methoxy groups -OCH3 is 1. The van der Waals surface area contributed by atoms with Crippen LogP contribution in [0.25, 0.3) is 0 Å². The maximum atomic E-state index is 6.17. The van der Waals surface area contributed by atoms with E-state index in [0.29, 0.717) is 34.2 Å². The lowest BCUT2D eigenvalue weighted by Gasteiger charge is -2.11. The third kappa shape index (κ3) is 4.40. The van der Waals surface area contributed by atoms with Crippen molar-refractivity contribution in [3.8, 4) is 11.5 Å². The van der Waals surface area contributed by atoms with Gasteiger partial charge in [0.25, 0.3) is 0 Å². The first-order valence-corrected chi connectivity index (χ1v) is 10.7. The molecular formula is C20H19Cl2N3O2S. The molecule has 0 radical (unpaired) electrons. The van der Waals surface area contributed by atoms with E-state index in [1.807, 2.05) is 42.5 Å². The maximum Gasteiger partial charge on any atom is 0.191 e. The second-order valence-electron chi connectivity index (χ2n) is 6.46. The normalized spacial score (nSPS) is 13.5. The second-order valence-corrected chi connectivity index (χ2v) is 8.25. The first-order chi connectivity index (χ1) is 13.7. The van der Waals surface area contributed by atoms with E-state index in [-0.39, 0.29) is 0 Å². The minimum atomic E-state index is 0.328. The van der Waals surface area contributed by atoms with Crippen molar-refractivity contribution >= 4 is 35.0 Å². The standard InChI is InChI=1S/C20H19Cl2N3O2S/c1-26-17-9-6-14(21)10-13(17)12-28-20-24-23-19(25(20)15-7-8-15)11-27-18-5-3-2-4-16(18)22/h2-6,9-10,15H,7-8,11-12H2,1H3. The molecule has 5 nitrogen and oxygen atoms in total. The number of benzene rings is 2. The van der Waals surface area contributed by atoms with Crippen molar-refractivity contribution in [2.75, 3.05) is 7.11 Å². The van der Waals surface area contributed by atoms with E-state index >= 15 is 0 Å². The molecule has 1 fully saturated rings. The summed E-state index contributed by atoms with van der Waals surface area (Å²) in [5.41, 5.74) is 1.03. The summed E-state index contributed by atoms with van der Waals surface area (Å²) < 4.78 is 13.5. The first kappa shape index (κ1) is 19.4. The number of para-hydroxylation sites is 1. The van der Waals surface area contributed by atoms with Crippen LogP contribution in [0.3, 0.4) is 0 Å². The minimum absolute atomic E-state index is 0.328. The Hall–Kier alpha value is -1.89. The van der Waals surface area contributed by atoms with Gasteiger partial charge in [0.05, 0.1) is 12.1 Å². The topological polar surface area (TPSA) is 49.2 Å². The van der Waals surface area contributed by atoms with E-state index in [1.165, 1.54) is 0 Å². The molecule has 1 aliphatic carbocycles. The van der Waals surface area contributed by atoms with Gasteiger partial charge >= 0.3 is 0 Å². The lowest BCUT2D eigenvalue weighted by atomic mass is 10.2. The SMILES string of the molecule is COc1ccc(Cl)cc1CSc1nnc(COc2ccccc2Cl)n1C1CC1.